The van der Waals surface area contributed by atoms with Gasteiger partial charge in [0.05, 0.1) is 0 Å². The van der Waals surface area contributed by atoms with E-state index in [1.54, 1.807) is 0 Å². The van der Waals surface area contributed by atoms with Gasteiger partial charge in [-0.3, -0.25) is 0 Å². The monoisotopic (exact) mass is 181 g/mol. The molecule has 0 spiro atoms. The second-order valence-corrected chi connectivity index (χ2v) is 3.48. The van der Waals surface area contributed by atoms with Crippen molar-refractivity contribution in [3.8, 4) is 0 Å². The van der Waals surface area contributed by atoms with Crippen molar-refractivity contribution in [1.29, 1.82) is 0 Å². The van der Waals surface area contributed by atoms with Gasteiger partial charge in [-0.05, 0) is 19.8 Å². The van der Waals surface area contributed by atoms with E-state index >= 15 is 0 Å². The third-order valence-corrected chi connectivity index (χ3v) is 2.01. The molecule has 1 unspecified atom stereocenters. The van der Waals surface area contributed by atoms with Crippen LogP contribution in [0.25, 0.3) is 0 Å². The second kappa shape index (κ2) is 4.69. The SMILES string of the molecule is CCCCC(C)(O)N[SH](=O)=O. The lowest BCUT2D eigenvalue weighted by Gasteiger charge is -2.20. The summed E-state index contributed by atoms with van der Waals surface area (Å²) in [7, 11) is -2.71. The first-order valence-electron chi connectivity index (χ1n) is 3.62. The number of aliphatic hydroxyl groups is 1. The van der Waals surface area contributed by atoms with E-state index in [-0.39, 0.29) is 0 Å². The van der Waals surface area contributed by atoms with Crippen LogP contribution in [0.15, 0.2) is 0 Å². The Morgan fingerprint density at radius 2 is 2.09 bits per heavy atom. The fourth-order valence-electron chi connectivity index (χ4n) is 0.774. The van der Waals surface area contributed by atoms with Crippen LogP contribution in [-0.4, -0.2) is 19.2 Å². The molecule has 0 aliphatic rings. The molecule has 11 heavy (non-hydrogen) atoms. The van der Waals surface area contributed by atoms with Crippen LogP contribution in [0.3, 0.4) is 0 Å². The van der Waals surface area contributed by atoms with Crippen LogP contribution >= 0.6 is 0 Å². The molecule has 0 aromatic rings. The van der Waals surface area contributed by atoms with E-state index in [1.807, 2.05) is 6.92 Å². The first-order chi connectivity index (χ1) is 4.98. The average molecular weight is 181 g/mol. The number of hydrogen-bond donors (Lipinski definition) is 3. The van der Waals surface area contributed by atoms with Gasteiger partial charge in [-0.25, -0.2) is 8.42 Å². The van der Waals surface area contributed by atoms with E-state index in [1.165, 1.54) is 6.92 Å². The van der Waals surface area contributed by atoms with Crippen LogP contribution in [0.4, 0.5) is 0 Å². The molecule has 5 heteroatoms. The van der Waals surface area contributed by atoms with Crippen molar-refractivity contribution < 1.29 is 13.5 Å². The Morgan fingerprint density at radius 3 is 2.45 bits per heavy atom. The second-order valence-electron chi connectivity index (χ2n) is 2.75. The van der Waals surface area contributed by atoms with Gasteiger partial charge in [-0.2, -0.15) is 4.72 Å². The molecule has 0 amide bonds. The zero-order chi connectivity index (χ0) is 8.91. The smallest absolute Gasteiger partial charge is 0.203 e. The molecule has 0 saturated heterocycles. The summed E-state index contributed by atoms with van der Waals surface area (Å²) in [5.74, 6) is 0. The minimum absolute atomic E-state index is 0.451. The van der Waals surface area contributed by atoms with Gasteiger partial charge < -0.3 is 5.11 Å². The maximum Gasteiger partial charge on any atom is 0.203 e. The highest BCUT2D eigenvalue weighted by molar-refractivity contribution is 7.70. The summed E-state index contributed by atoms with van der Waals surface area (Å²) < 4.78 is 22.4. The van der Waals surface area contributed by atoms with Crippen molar-refractivity contribution in [3.05, 3.63) is 0 Å². The first kappa shape index (κ1) is 10.9. The van der Waals surface area contributed by atoms with Crippen molar-refractivity contribution in [2.24, 2.45) is 0 Å². The molecule has 0 radical (unpaired) electrons. The van der Waals surface area contributed by atoms with Gasteiger partial charge in [0.2, 0.25) is 10.9 Å². The van der Waals surface area contributed by atoms with E-state index in [2.05, 4.69) is 4.72 Å². The normalized spacial score (nSPS) is 16.7. The molecule has 0 bridgehead atoms. The Balaban J connectivity index is 3.79. The van der Waals surface area contributed by atoms with Gasteiger partial charge in [0.25, 0.3) is 0 Å². The molecule has 1 atom stereocenters. The van der Waals surface area contributed by atoms with Crippen molar-refractivity contribution >= 4 is 10.9 Å². The van der Waals surface area contributed by atoms with Gasteiger partial charge in [-0.1, -0.05) is 13.3 Å². The van der Waals surface area contributed by atoms with Crippen LogP contribution in [0.5, 0.6) is 0 Å². The van der Waals surface area contributed by atoms with Crippen LogP contribution in [0.1, 0.15) is 33.1 Å². The number of unbranched alkanes of at least 4 members (excludes halogenated alkanes) is 1. The molecule has 0 aliphatic carbocycles. The van der Waals surface area contributed by atoms with E-state index in [4.69, 9.17) is 0 Å². The van der Waals surface area contributed by atoms with Gasteiger partial charge in [0.1, 0.15) is 5.72 Å². The average Bonchev–Trinajstić information content (AvgIpc) is 1.81. The summed E-state index contributed by atoms with van der Waals surface area (Å²) >= 11 is 0. The van der Waals surface area contributed by atoms with E-state index in [9.17, 15) is 13.5 Å². The lowest BCUT2D eigenvalue weighted by molar-refractivity contribution is 0.0384. The van der Waals surface area contributed by atoms with Crippen LogP contribution < -0.4 is 4.72 Å². The van der Waals surface area contributed by atoms with Crippen LogP contribution in [-0.2, 0) is 10.9 Å². The molecule has 0 rings (SSSR count). The third kappa shape index (κ3) is 6.28. The maximum absolute atomic E-state index is 10.1. The highest BCUT2D eigenvalue weighted by Gasteiger charge is 2.18. The molecule has 2 N–H and O–H groups in total. The van der Waals surface area contributed by atoms with Crippen molar-refractivity contribution in [2.45, 2.75) is 38.8 Å². The molecular weight excluding hydrogens is 166 g/mol. The highest BCUT2D eigenvalue weighted by Crippen LogP contribution is 2.08. The quantitative estimate of drug-likeness (QED) is 0.413. The number of rotatable bonds is 5. The van der Waals surface area contributed by atoms with E-state index in [0.717, 1.165) is 12.8 Å². The summed E-state index contributed by atoms with van der Waals surface area (Å²) in [6.07, 6.45) is 2.20. The van der Waals surface area contributed by atoms with Gasteiger partial charge in [0.15, 0.2) is 0 Å². The molecule has 0 heterocycles. The molecule has 0 aromatic carbocycles. The fourth-order valence-corrected chi connectivity index (χ4v) is 1.28. The summed E-state index contributed by atoms with van der Waals surface area (Å²) in [5.41, 5.74) is -1.27. The minimum atomic E-state index is -2.71. The van der Waals surface area contributed by atoms with Crippen molar-refractivity contribution in [2.75, 3.05) is 0 Å². The van der Waals surface area contributed by atoms with Crippen molar-refractivity contribution in [1.82, 2.24) is 4.72 Å². The Labute approximate surface area is 68.7 Å². The maximum atomic E-state index is 10.1. The predicted octanol–water partition coefficient (Wildman–Crippen LogP) is 0.00110. The summed E-state index contributed by atoms with van der Waals surface area (Å²) in [5, 5.41) is 9.32. The van der Waals surface area contributed by atoms with E-state index < -0.39 is 16.6 Å². The molecule has 0 saturated carbocycles. The standard InChI is InChI=1S/C6H15NO3S/c1-3-4-5-6(2,8)7-11(9)10/h8,11H,3-5H2,1-2H3,(H,7,9,10). The zero-order valence-electron chi connectivity index (χ0n) is 6.83. The summed E-state index contributed by atoms with van der Waals surface area (Å²) in [4.78, 5) is 0. The largest absolute Gasteiger partial charge is 0.375 e. The number of nitrogens with one attached hydrogen (secondary N) is 1. The minimum Gasteiger partial charge on any atom is -0.375 e. The Hall–Kier alpha value is -0.130. The molecule has 0 aliphatic heterocycles. The molecule has 0 fully saturated rings. The van der Waals surface area contributed by atoms with Crippen LogP contribution in [0, 0.1) is 0 Å². The Kier molecular flexibility index (Phi) is 4.63. The third-order valence-electron chi connectivity index (χ3n) is 1.35. The Bertz CT molecular complexity index is 169. The van der Waals surface area contributed by atoms with Crippen LogP contribution in [0.2, 0.25) is 0 Å². The molecule has 0 aromatic heterocycles. The topological polar surface area (TPSA) is 66.4 Å². The number of thiol groups is 1. The van der Waals surface area contributed by atoms with Gasteiger partial charge >= 0.3 is 0 Å². The highest BCUT2D eigenvalue weighted by atomic mass is 32.2. The Morgan fingerprint density at radius 1 is 1.55 bits per heavy atom. The summed E-state index contributed by atoms with van der Waals surface area (Å²) in [6.45, 7) is 3.43. The summed E-state index contributed by atoms with van der Waals surface area (Å²) in [6, 6.07) is 0. The lowest BCUT2D eigenvalue weighted by Crippen LogP contribution is -2.40. The molecule has 68 valence electrons. The molecular formula is C6H15NO3S. The first-order valence-corrected chi connectivity index (χ1v) is 4.80. The lowest BCUT2D eigenvalue weighted by atomic mass is 10.1. The number of hydrogen-bond acceptors (Lipinski definition) is 3. The zero-order valence-corrected chi connectivity index (χ0v) is 7.73. The van der Waals surface area contributed by atoms with E-state index in [0.29, 0.717) is 6.42 Å². The molecule has 4 nitrogen and oxygen atoms in total. The predicted molar refractivity (Wildman–Crippen MR) is 43.6 cm³/mol. The van der Waals surface area contributed by atoms with Gasteiger partial charge in [-0.15, -0.1) is 0 Å². The van der Waals surface area contributed by atoms with Gasteiger partial charge in [0, 0.05) is 0 Å². The fraction of sp³-hybridized carbons (Fsp3) is 1.00. The van der Waals surface area contributed by atoms with Crippen molar-refractivity contribution in [3.63, 3.8) is 0 Å².